The van der Waals surface area contributed by atoms with Gasteiger partial charge in [0.15, 0.2) is 16.8 Å². The summed E-state index contributed by atoms with van der Waals surface area (Å²) in [5, 5.41) is 9.23. The van der Waals surface area contributed by atoms with Crippen LogP contribution in [0.3, 0.4) is 0 Å². The van der Waals surface area contributed by atoms with Crippen molar-refractivity contribution in [1.82, 2.24) is 14.8 Å². The van der Waals surface area contributed by atoms with Gasteiger partial charge in [0.05, 0.1) is 12.8 Å². The van der Waals surface area contributed by atoms with E-state index in [4.69, 9.17) is 4.42 Å². The highest BCUT2D eigenvalue weighted by molar-refractivity contribution is 7.98. The van der Waals surface area contributed by atoms with E-state index < -0.39 is 11.6 Å². The van der Waals surface area contributed by atoms with Crippen LogP contribution in [0.5, 0.6) is 0 Å². The Labute approximate surface area is 141 Å². The highest BCUT2D eigenvalue weighted by Crippen LogP contribution is 2.40. The average molecular weight is 347 g/mol. The highest BCUT2D eigenvalue weighted by atomic mass is 32.2. The van der Waals surface area contributed by atoms with Gasteiger partial charge in [0.2, 0.25) is 0 Å². The van der Waals surface area contributed by atoms with Crippen molar-refractivity contribution >= 4 is 11.8 Å². The lowest BCUT2D eigenvalue weighted by molar-refractivity contribution is 0.478. The van der Waals surface area contributed by atoms with Crippen LogP contribution in [0.1, 0.15) is 35.9 Å². The van der Waals surface area contributed by atoms with Gasteiger partial charge in [-0.15, -0.1) is 10.2 Å². The molecule has 0 saturated heterocycles. The summed E-state index contributed by atoms with van der Waals surface area (Å²) in [6, 6.07) is 7.95. The molecule has 0 N–H and O–H groups in total. The fraction of sp³-hybridized carbons (Fsp3) is 0.294. The number of aromatic nitrogens is 3. The Morgan fingerprint density at radius 3 is 2.79 bits per heavy atom. The molecule has 2 aromatic heterocycles. The van der Waals surface area contributed by atoms with Crippen molar-refractivity contribution in [3.05, 3.63) is 65.4 Å². The van der Waals surface area contributed by atoms with Crippen molar-refractivity contribution in [2.75, 3.05) is 0 Å². The number of halogens is 2. The van der Waals surface area contributed by atoms with Gasteiger partial charge in [-0.3, -0.25) is 4.57 Å². The van der Waals surface area contributed by atoms with Gasteiger partial charge in [0, 0.05) is 17.2 Å². The minimum Gasteiger partial charge on any atom is -0.467 e. The number of hydrogen-bond acceptors (Lipinski definition) is 4. The minimum absolute atomic E-state index is 0.296. The van der Waals surface area contributed by atoms with Crippen molar-refractivity contribution in [2.45, 2.75) is 36.2 Å². The number of nitrogens with zero attached hydrogens (tertiary/aromatic N) is 3. The molecule has 0 amide bonds. The van der Waals surface area contributed by atoms with Gasteiger partial charge in [-0.05, 0) is 31.0 Å². The summed E-state index contributed by atoms with van der Waals surface area (Å²) in [5.74, 6) is 0.857. The lowest BCUT2D eigenvalue weighted by atomic mass is 10.2. The summed E-state index contributed by atoms with van der Waals surface area (Å²) in [6.07, 6.45) is 3.85. The van der Waals surface area contributed by atoms with E-state index in [0.717, 1.165) is 30.5 Å². The first-order valence-corrected chi connectivity index (χ1v) is 8.72. The van der Waals surface area contributed by atoms with Crippen LogP contribution in [-0.2, 0) is 12.3 Å². The van der Waals surface area contributed by atoms with Crippen molar-refractivity contribution in [3.63, 3.8) is 0 Å². The molecule has 1 saturated carbocycles. The summed E-state index contributed by atoms with van der Waals surface area (Å²) in [7, 11) is 0. The summed E-state index contributed by atoms with van der Waals surface area (Å²) in [5.41, 5.74) is 0.320. The lowest BCUT2D eigenvalue weighted by Gasteiger charge is -2.08. The summed E-state index contributed by atoms with van der Waals surface area (Å²) >= 11 is 1.35. The lowest BCUT2D eigenvalue weighted by Crippen LogP contribution is -2.05. The van der Waals surface area contributed by atoms with E-state index in [1.807, 2.05) is 16.7 Å². The molecular formula is C17H15F2N3OS. The Balaban J connectivity index is 1.57. The first kappa shape index (κ1) is 15.4. The topological polar surface area (TPSA) is 43.9 Å². The first-order valence-electron chi connectivity index (χ1n) is 7.73. The standard InChI is InChI=1S/C17H15F2N3OS/c18-14-5-1-3-12(15(14)19)10-24-17-21-20-16(11-6-7-11)22(17)9-13-4-2-8-23-13/h1-5,8,11H,6-7,9-10H2. The second-order valence-electron chi connectivity index (χ2n) is 5.78. The average Bonchev–Trinajstić information content (AvgIpc) is 3.14. The zero-order valence-electron chi connectivity index (χ0n) is 12.8. The van der Waals surface area contributed by atoms with E-state index in [1.165, 1.54) is 17.8 Å². The molecule has 4 rings (SSSR count). The molecule has 0 atom stereocenters. The van der Waals surface area contributed by atoms with E-state index in [1.54, 1.807) is 12.3 Å². The molecule has 0 radical (unpaired) electrons. The van der Waals surface area contributed by atoms with Crippen molar-refractivity contribution < 1.29 is 13.2 Å². The van der Waals surface area contributed by atoms with Crippen LogP contribution < -0.4 is 0 Å². The highest BCUT2D eigenvalue weighted by Gasteiger charge is 2.30. The van der Waals surface area contributed by atoms with Gasteiger partial charge in [0.25, 0.3) is 0 Å². The third kappa shape index (κ3) is 3.08. The molecule has 4 nitrogen and oxygen atoms in total. The Bertz CT molecular complexity index is 844. The number of hydrogen-bond donors (Lipinski definition) is 0. The normalized spacial score (nSPS) is 14.2. The zero-order chi connectivity index (χ0) is 16.5. The second kappa shape index (κ2) is 6.39. The van der Waals surface area contributed by atoms with Crippen LogP contribution in [0.25, 0.3) is 0 Å². The Morgan fingerprint density at radius 2 is 2.04 bits per heavy atom. The Morgan fingerprint density at radius 1 is 1.17 bits per heavy atom. The molecule has 0 bridgehead atoms. The Kier molecular flexibility index (Phi) is 4.10. The molecule has 1 aromatic carbocycles. The summed E-state index contributed by atoms with van der Waals surface area (Å²) in [4.78, 5) is 0. The van der Waals surface area contributed by atoms with E-state index in [9.17, 15) is 8.78 Å². The van der Waals surface area contributed by atoms with Crippen LogP contribution in [0.2, 0.25) is 0 Å². The third-order valence-corrected chi connectivity index (χ3v) is 4.99. The largest absolute Gasteiger partial charge is 0.467 e. The van der Waals surface area contributed by atoms with Gasteiger partial charge >= 0.3 is 0 Å². The van der Waals surface area contributed by atoms with Crippen LogP contribution >= 0.6 is 11.8 Å². The molecule has 24 heavy (non-hydrogen) atoms. The first-order chi connectivity index (χ1) is 11.7. The molecule has 0 aliphatic heterocycles. The van der Waals surface area contributed by atoms with Crippen LogP contribution in [0.15, 0.2) is 46.2 Å². The van der Waals surface area contributed by atoms with E-state index in [0.29, 0.717) is 28.9 Å². The van der Waals surface area contributed by atoms with Gasteiger partial charge < -0.3 is 4.42 Å². The number of thioether (sulfide) groups is 1. The molecule has 7 heteroatoms. The number of rotatable bonds is 6. The smallest absolute Gasteiger partial charge is 0.191 e. The SMILES string of the molecule is Fc1cccc(CSc2nnc(C3CC3)n2Cc2ccco2)c1F. The molecule has 1 aliphatic carbocycles. The fourth-order valence-electron chi connectivity index (χ4n) is 2.56. The van der Waals surface area contributed by atoms with Gasteiger partial charge in [-0.25, -0.2) is 8.78 Å². The maximum Gasteiger partial charge on any atom is 0.191 e. The third-order valence-electron chi connectivity index (χ3n) is 3.97. The monoisotopic (exact) mass is 347 g/mol. The quantitative estimate of drug-likeness (QED) is 0.621. The van der Waals surface area contributed by atoms with Crippen LogP contribution in [0.4, 0.5) is 8.78 Å². The van der Waals surface area contributed by atoms with Crippen LogP contribution in [-0.4, -0.2) is 14.8 Å². The predicted molar refractivity (Wildman–Crippen MR) is 85.7 cm³/mol. The Hall–Kier alpha value is -2.15. The summed E-state index contributed by atoms with van der Waals surface area (Å²) in [6.45, 7) is 0.541. The van der Waals surface area contributed by atoms with E-state index >= 15 is 0 Å². The van der Waals surface area contributed by atoms with Crippen molar-refractivity contribution in [2.24, 2.45) is 0 Å². The zero-order valence-corrected chi connectivity index (χ0v) is 13.6. The molecule has 0 unspecified atom stereocenters. The second-order valence-corrected chi connectivity index (χ2v) is 6.72. The molecule has 124 valence electrons. The molecule has 2 heterocycles. The van der Waals surface area contributed by atoms with Gasteiger partial charge in [-0.1, -0.05) is 23.9 Å². The number of furan rings is 1. The van der Waals surface area contributed by atoms with E-state index in [2.05, 4.69) is 10.2 Å². The molecular weight excluding hydrogens is 332 g/mol. The summed E-state index contributed by atoms with van der Waals surface area (Å²) < 4.78 is 34.6. The van der Waals surface area contributed by atoms with Crippen molar-refractivity contribution in [3.8, 4) is 0 Å². The van der Waals surface area contributed by atoms with E-state index in [-0.39, 0.29) is 0 Å². The maximum atomic E-state index is 13.8. The van der Waals surface area contributed by atoms with Crippen molar-refractivity contribution in [1.29, 1.82) is 0 Å². The number of benzene rings is 1. The molecule has 3 aromatic rings. The van der Waals surface area contributed by atoms with Crippen LogP contribution in [0, 0.1) is 11.6 Å². The van der Waals surface area contributed by atoms with Gasteiger partial charge in [-0.2, -0.15) is 0 Å². The van der Waals surface area contributed by atoms with Gasteiger partial charge in [0.1, 0.15) is 11.6 Å². The minimum atomic E-state index is -0.830. The molecule has 1 fully saturated rings. The maximum absolute atomic E-state index is 13.8. The molecule has 0 spiro atoms. The predicted octanol–water partition coefficient (Wildman–Crippen LogP) is 4.37. The fourth-order valence-corrected chi connectivity index (χ4v) is 3.48. The molecule has 1 aliphatic rings.